The molecule has 9 heteroatoms. The van der Waals surface area contributed by atoms with Gasteiger partial charge in [-0.05, 0) is 25.1 Å². The fraction of sp³-hybridized carbons (Fsp3) is 0.400. The van der Waals surface area contributed by atoms with Gasteiger partial charge in [-0.15, -0.1) is 0 Å². The zero-order valence-corrected chi connectivity index (χ0v) is 14.1. The number of nitrogens with zero attached hydrogens (tertiary/aromatic N) is 4. The van der Waals surface area contributed by atoms with E-state index in [1.54, 1.807) is 19.1 Å². The zero-order chi connectivity index (χ0) is 17.3. The summed E-state index contributed by atoms with van der Waals surface area (Å²) in [7, 11) is -3.15. The highest BCUT2D eigenvalue weighted by atomic mass is 32.2. The van der Waals surface area contributed by atoms with E-state index in [2.05, 4.69) is 4.98 Å². The van der Waals surface area contributed by atoms with E-state index in [1.807, 2.05) is 11.0 Å². The summed E-state index contributed by atoms with van der Waals surface area (Å²) >= 11 is 0. The number of benzene rings is 1. The number of rotatable bonds is 4. The maximum Gasteiger partial charge on any atom is 0.270 e. The van der Waals surface area contributed by atoms with Gasteiger partial charge in [0, 0.05) is 43.7 Å². The van der Waals surface area contributed by atoms with E-state index in [9.17, 15) is 18.5 Å². The lowest BCUT2D eigenvalue weighted by Gasteiger charge is -2.34. The van der Waals surface area contributed by atoms with Crippen LogP contribution in [0, 0.1) is 10.1 Å². The molecule has 2 aromatic rings. The van der Waals surface area contributed by atoms with Crippen molar-refractivity contribution in [3.05, 3.63) is 40.4 Å². The molecule has 1 fully saturated rings. The van der Waals surface area contributed by atoms with Gasteiger partial charge in [0.25, 0.3) is 5.69 Å². The number of nitro benzene ring substituents is 1. The number of non-ortho nitro benzene ring substituents is 1. The van der Waals surface area contributed by atoms with E-state index in [0.717, 1.165) is 5.82 Å². The summed E-state index contributed by atoms with van der Waals surface area (Å²) in [4.78, 5) is 17.0. The zero-order valence-electron chi connectivity index (χ0n) is 13.3. The van der Waals surface area contributed by atoms with Crippen LogP contribution < -0.4 is 4.90 Å². The maximum absolute atomic E-state index is 11.9. The third kappa shape index (κ3) is 3.17. The average Bonchev–Trinajstić information content (AvgIpc) is 2.60. The normalized spacial score (nSPS) is 16.5. The molecule has 0 spiro atoms. The van der Waals surface area contributed by atoms with Gasteiger partial charge in [-0.2, -0.15) is 4.31 Å². The molecule has 0 aliphatic carbocycles. The molecule has 128 valence electrons. The van der Waals surface area contributed by atoms with Crippen LogP contribution in [0.25, 0.3) is 10.9 Å². The predicted molar refractivity (Wildman–Crippen MR) is 91.6 cm³/mol. The van der Waals surface area contributed by atoms with Crippen molar-refractivity contribution in [3.8, 4) is 0 Å². The monoisotopic (exact) mass is 350 g/mol. The minimum absolute atomic E-state index is 0.0374. The average molecular weight is 350 g/mol. The molecule has 2 heterocycles. The van der Waals surface area contributed by atoms with Crippen LogP contribution in [0.3, 0.4) is 0 Å². The second kappa shape index (κ2) is 6.33. The predicted octanol–water partition coefficient (Wildman–Crippen LogP) is 1.61. The first kappa shape index (κ1) is 16.6. The Hall–Kier alpha value is -2.26. The molecule has 3 rings (SSSR count). The number of anilines is 1. The van der Waals surface area contributed by atoms with E-state index < -0.39 is 14.9 Å². The SMILES string of the molecule is CCS(=O)(=O)N1CCN(c2ccc3cc([N+](=O)[O-])ccc3n2)CC1. The molecular formula is C15H18N4O4S. The van der Waals surface area contributed by atoms with Gasteiger partial charge in [0.2, 0.25) is 10.0 Å². The van der Waals surface area contributed by atoms with E-state index >= 15 is 0 Å². The van der Waals surface area contributed by atoms with Gasteiger partial charge in [0.15, 0.2) is 0 Å². The van der Waals surface area contributed by atoms with Gasteiger partial charge < -0.3 is 4.90 Å². The Morgan fingerprint density at radius 1 is 1.17 bits per heavy atom. The Morgan fingerprint density at radius 3 is 2.50 bits per heavy atom. The fourth-order valence-electron chi connectivity index (χ4n) is 2.77. The van der Waals surface area contributed by atoms with Crippen LogP contribution >= 0.6 is 0 Å². The number of piperazine rings is 1. The third-order valence-corrected chi connectivity index (χ3v) is 6.07. The first-order chi connectivity index (χ1) is 11.4. The topological polar surface area (TPSA) is 96.7 Å². The first-order valence-electron chi connectivity index (χ1n) is 7.68. The fourth-order valence-corrected chi connectivity index (χ4v) is 3.85. The molecule has 8 nitrogen and oxygen atoms in total. The van der Waals surface area contributed by atoms with Gasteiger partial charge in [-0.3, -0.25) is 10.1 Å². The summed E-state index contributed by atoms with van der Waals surface area (Å²) < 4.78 is 25.3. The minimum atomic E-state index is -3.15. The molecule has 1 saturated heterocycles. The summed E-state index contributed by atoms with van der Waals surface area (Å²) in [5, 5.41) is 11.5. The molecule has 0 radical (unpaired) electrons. The number of pyridine rings is 1. The van der Waals surface area contributed by atoms with Gasteiger partial charge in [0.1, 0.15) is 5.82 Å². The van der Waals surface area contributed by atoms with Crippen molar-refractivity contribution in [3.63, 3.8) is 0 Å². The standard InChI is InChI=1S/C15H18N4O4S/c1-2-24(22,23)18-9-7-17(8-10-18)15-6-3-12-11-13(19(20)21)4-5-14(12)16-15/h3-6,11H,2,7-10H2,1H3. The number of fused-ring (bicyclic) bond motifs is 1. The second-order valence-corrected chi connectivity index (χ2v) is 7.85. The summed E-state index contributed by atoms with van der Waals surface area (Å²) in [5.41, 5.74) is 0.720. The molecule has 0 saturated carbocycles. The lowest BCUT2D eigenvalue weighted by molar-refractivity contribution is -0.384. The second-order valence-electron chi connectivity index (χ2n) is 5.59. The van der Waals surface area contributed by atoms with Crippen LogP contribution in [-0.4, -0.2) is 54.6 Å². The number of hydrogen-bond donors (Lipinski definition) is 0. The van der Waals surface area contributed by atoms with Gasteiger partial charge >= 0.3 is 0 Å². The Kier molecular flexibility index (Phi) is 4.37. The van der Waals surface area contributed by atoms with Gasteiger partial charge in [-0.1, -0.05) is 0 Å². The lowest BCUT2D eigenvalue weighted by Crippen LogP contribution is -2.49. The van der Waals surface area contributed by atoms with E-state index in [-0.39, 0.29) is 11.4 Å². The molecular weight excluding hydrogens is 332 g/mol. The minimum Gasteiger partial charge on any atom is -0.354 e. The van der Waals surface area contributed by atoms with Crippen molar-refractivity contribution in [2.24, 2.45) is 0 Å². The largest absolute Gasteiger partial charge is 0.354 e. The Morgan fingerprint density at radius 2 is 1.88 bits per heavy atom. The van der Waals surface area contributed by atoms with Crippen LogP contribution in [0.2, 0.25) is 0 Å². The number of hydrogen-bond acceptors (Lipinski definition) is 6. The lowest BCUT2D eigenvalue weighted by atomic mass is 10.2. The highest BCUT2D eigenvalue weighted by molar-refractivity contribution is 7.89. The van der Waals surface area contributed by atoms with Gasteiger partial charge in [-0.25, -0.2) is 13.4 Å². The Bertz CT molecular complexity index is 876. The molecule has 0 atom stereocenters. The van der Waals surface area contributed by atoms with Crippen LogP contribution in [0.4, 0.5) is 11.5 Å². The van der Waals surface area contributed by atoms with Crippen molar-refractivity contribution >= 4 is 32.4 Å². The molecule has 0 unspecified atom stereocenters. The summed E-state index contributed by atoms with van der Waals surface area (Å²) in [6.45, 7) is 3.67. The van der Waals surface area contributed by atoms with E-state index in [1.165, 1.54) is 16.4 Å². The highest BCUT2D eigenvalue weighted by Gasteiger charge is 2.26. The molecule has 1 aromatic carbocycles. The van der Waals surface area contributed by atoms with Crippen molar-refractivity contribution in [1.29, 1.82) is 0 Å². The number of aromatic nitrogens is 1. The van der Waals surface area contributed by atoms with Crippen molar-refractivity contribution in [2.75, 3.05) is 36.8 Å². The van der Waals surface area contributed by atoms with Crippen molar-refractivity contribution < 1.29 is 13.3 Å². The molecule has 1 aromatic heterocycles. The van der Waals surface area contributed by atoms with Crippen molar-refractivity contribution in [1.82, 2.24) is 9.29 Å². The van der Waals surface area contributed by atoms with Crippen LogP contribution in [-0.2, 0) is 10.0 Å². The van der Waals surface area contributed by atoms with E-state index in [4.69, 9.17) is 0 Å². The van der Waals surface area contributed by atoms with Gasteiger partial charge in [0.05, 0.1) is 16.2 Å². The molecule has 0 N–H and O–H groups in total. The highest BCUT2D eigenvalue weighted by Crippen LogP contribution is 2.23. The molecule has 0 bridgehead atoms. The smallest absolute Gasteiger partial charge is 0.270 e. The Labute approximate surface area is 139 Å². The van der Waals surface area contributed by atoms with E-state index in [0.29, 0.717) is 37.1 Å². The summed E-state index contributed by atoms with van der Waals surface area (Å²) in [6, 6.07) is 8.19. The molecule has 0 amide bonds. The van der Waals surface area contributed by atoms with Crippen LogP contribution in [0.15, 0.2) is 30.3 Å². The quantitative estimate of drug-likeness (QED) is 0.614. The van der Waals surface area contributed by atoms with Crippen LogP contribution in [0.5, 0.6) is 0 Å². The molecule has 1 aliphatic rings. The Balaban J connectivity index is 1.79. The third-order valence-electron chi connectivity index (χ3n) is 4.19. The first-order valence-corrected chi connectivity index (χ1v) is 9.29. The summed E-state index contributed by atoms with van der Waals surface area (Å²) in [6.07, 6.45) is 0. The molecule has 24 heavy (non-hydrogen) atoms. The number of sulfonamides is 1. The summed E-state index contributed by atoms with van der Waals surface area (Å²) in [5.74, 6) is 0.866. The number of nitro groups is 1. The van der Waals surface area contributed by atoms with Crippen LogP contribution in [0.1, 0.15) is 6.92 Å². The van der Waals surface area contributed by atoms with Crippen molar-refractivity contribution in [2.45, 2.75) is 6.92 Å². The molecule has 1 aliphatic heterocycles. The maximum atomic E-state index is 11.9.